The van der Waals surface area contributed by atoms with E-state index in [0.717, 1.165) is 0 Å². The fourth-order valence-electron chi connectivity index (χ4n) is 1.14. The molecule has 0 saturated carbocycles. The first kappa shape index (κ1) is 10.9. The molecule has 1 aromatic rings. The molecule has 0 saturated heterocycles. The van der Waals surface area contributed by atoms with Crippen molar-refractivity contribution in [2.75, 3.05) is 5.73 Å². The molecule has 1 aromatic carbocycles. The van der Waals surface area contributed by atoms with Crippen LogP contribution in [0.15, 0.2) is 12.1 Å². The van der Waals surface area contributed by atoms with Crippen LogP contribution in [0.2, 0.25) is 5.02 Å². The molecule has 14 heavy (non-hydrogen) atoms. The molecule has 5 heteroatoms. The van der Waals surface area contributed by atoms with Crippen LogP contribution < -0.4 is 5.73 Å². The van der Waals surface area contributed by atoms with Crippen LogP contribution in [0, 0.1) is 0 Å². The number of carbonyl (C=O) groups excluding carboxylic acids is 1. The predicted molar refractivity (Wildman–Crippen MR) is 50.8 cm³/mol. The average molecular weight is 220 g/mol. The third kappa shape index (κ3) is 1.85. The molecule has 0 radical (unpaired) electrons. The Balaban J connectivity index is 3.41. The van der Waals surface area contributed by atoms with Gasteiger partial charge in [-0.2, -0.15) is 0 Å². The zero-order chi connectivity index (χ0) is 10.9. The molecule has 0 amide bonds. The summed E-state index contributed by atoms with van der Waals surface area (Å²) < 4.78 is 24.9. The van der Waals surface area contributed by atoms with Gasteiger partial charge in [0.05, 0.1) is 16.3 Å². The van der Waals surface area contributed by atoms with Gasteiger partial charge in [-0.1, -0.05) is 11.6 Å². The molecule has 2 nitrogen and oxygen atoms in total. The summed E-state index contributed by atoms with van der Waals surface area (Å²) in [5.41, 5.74) is 4.77. The second-order valence-electron chi connectivity index (χ2n) is 2.78. The van der Waals surface area contributed by atoms with Gasteiger partial charge < -0.3 is 5.73 Å². The number of nitrogen functional groups attached to an aromatic ring is 1. The Kier molecular flexibility index (Phi) is 3.06. The highest BCUT2D eigenvalue weighted by atomic mass is 35.5. The monoisotopic (exact) mass is 219 g/mol. The van der Waals surface area contributed by atoms with Crippen molar-refractivity contribution in [3.63, 3.8) is 0 Å². The Hall–Kier alpha value is -1.16. The van der Waals surface area contributed by atoms with Crippen LogP contribution in [0.4, 0.5) is 14.5 Å². The minimum absolute atomic E-state index is 0.0738. The quantitative estimate of drug-likeness (QED) is 0.614. The molecule has 0 aliphatic rings. The van der Waals surface area contributed by atoms with E-state index in [2.05, 4.69) is 0 Å². The summed E-state index contributed by atoms with van der Waals surface area (Å²) in [6.07, 6.45) is -2.78. The summed E-state index contributed by atoms with van der Waals surface area (Å²) in [6.45, 7) is 1.26. The maximum atomic E-state index is 12.5. The van der Waals surface area contributed by atoms with Crippen molar-refractivity contribution in [2.45, 2.75) is 13.3 Å². The second-order valence-corrected chi connectivity index (χ2v) is 3.19. The molecule has 0 unspecified atom stereocenters. The minimum Gasteiger partial charge on any atom is -0.398 e. The summed E-state index contributed by atoms with van der Waals surface area (Å²) in [7, 11) is 0. The van der Waals surface area contributed by atoms with Gasteiger partial charge in [0.2, 0.25) is 0 Å². The molecule has 0 aliphatic heterocycles. The maximum Gasteiger partial charge on any atom is 0.267 e. The van der Waals surface area contributed by atoms with Crippen molar-refractivity contribution >= 4 is 23.1 Å². The molecule has 2 N–H and O–H groups in total. The van der Waals surface area contributed by atoms with E-state index >= 15 is 0 Å². The summed E-state index contributed by atoms with van der Waals surface area (Å²) in [5.74, 6) is -0.360. The van der Waals surface area contributed by atoms with Crippen LogP contribution in [-0.2, 0) is 0 Å². The Bertz CT molecular complexity index is 379. The van der Waals surface area contributed by atoms with Gasteiger partial charge in [0.15, 0.2) is 5.78 Å². The molecule has 0 bridgehead atoms. The molecule has 0 fully saturated rings. The molecule has 1 rings (SSSR count). The highest BCUT2D eigenvalue weighted by molar-refractivity contribution is 6.32. The number of carbonyl (C=O) groups is 1. The summed E-state index contributed by atoms with van der Waals surface area (Å²) in [6, 6.07) is 2.59. The van der Waals surface area contributed by atoms with Gasteiger partial charge in [-0.3, -0.25) is 4.79 Å². The van der Waals surface area contributed by atoms with Crippen LogP contribution in [0.1, 0.15) is 29.3 Å². The van der Waals surface area contributed by atoms with E-state index < -0.39 is 12.0 Å². The molecule has 0 heterocycles. The molecule has 0 aromatic heterocycles. The lowest BCUT2D eigenvalue weighted by Crippen LogP contribution is -2.04. The predicted octanol–water partition coefficient (Wildman–Crippen LogP) is 3.06. The Morgan fingerprint density at radius 1 is 1.50 bits per heavy atom. The standard InChI is InChI=1S/C9H8ClF2NO/c1-4(14)5-2-3-6(10)7(8(5)13)9(11)12/h2-3,9H,13H2,1H3. The zero-order valence-electron chi connectivity index (χ0n) is 7.35. The Morgan fingerprint density at radius 3 is 2.50 bits per heavy atom. The van der Waals surface area contributed by atoms with Gasteiger partial charge in [0.1, 0.15) is 0 Å². The number of hydrogen-bond acceptors (Lipinski definition) is 2. The van der Waals surface area contributed by atoms with Gasteiger partial charge in [-0.05, 0) is 19.1 Å². The van der Waals surface area contributed by atoms with Crippen molar-refractivity contribution < 1.29 is 13.6 Å². The highest BCUT2D eigenvalue weighted by Crippen LogP contribution is 2.34. The van der Waals surface area contributed by atoms with Gasteiger partial charge in [0, 0.05) is 5.56 Å². The number of hydrogen-bond donors (Lipinski definition) is 1. The largest absolute Gasteiger partial charge is 0.398 e. The third-order valence-electron chi connectivity index (χ3n) is 1.83. The van der Waals surface area contributed by atoms with Crippen molar-refractivity contribution in [3.8, 4) is 0 Å². The Labute approximate surface area is 84.7 Å². The first-order valence-corrected chi connectivity index (χ1v) is 4.20. The van der Waals surface area contributed by atoms with Gasteiger partial charge >= 0.3 is 0 Å². The van der Waals surface area contributed by atoms with Crippen LogP contribution in [0.25, 0.3) is 0 Å². The van der Waals surface area contributed by atoms with E-state index in [1.165, 1.54) is 19.1 Å². The summed E-state index contributed by atoms with van der Waals surface area (Å²) in [4.78, 5) is 11.0. The van der Waals surface area contributed by atoms with Crippen LogP contribution in [-0.4, -0.2) is 5.78 Å². The number of anilines is 1. The number of rotatable bonds is 2. The molecule has 0 atom stereocenters. The first-order valence-electron chi connectivity index (χ1n) is 3.82. The van der Waals surface area contributed by atoms with Crippen LogP contribution >= 0.6 is 11.6 Å². The first-order chi connectivity index (χ1) is 6.45. The summed E-state index contributed by atoms with van der Waals surface area (Å²) >= 11 is 5.53. The minimum atomic E-state index is -2.78. The number of halogens is 3. The van der Waals surface area contributed by atoms with E-state index in [1.807, 2.05) is 0 Å². The van der Waals surface area contributed by atoms with Crippen LogP contribution in [0.5, 0.6) is 0 Å². The van der Waals surface area contributed by atoms with Crippen molar-refractivity contribution in [1.82, 2.24) is 0 Å². The number of benzene rings is 1. The smallest absolute Gasteiger partial charge is 0.267 e. The van der Waals surface area contributed by atoms with Crippen molar-refractivity contribution in [3.05, 3.63) is 28.3 Å². The Morgan fingerprint density at radius 2 is 2.07 bits per heavy atom. The topological polar surface area (TPSA) is 43.1 Å². The van der Waals surface area contributed by atoms with E-state index in [0.29, 0.717) is 0 Å². The fourth-order valence-corrected chi connectivity index (χ4v) is 1.39. The maximum absolute atomic E-state index is 12.5. The van der Waals surface area contributed by atoms with E-state index in [1.54, 1.807) is 0 Å². The number of alkyl halides is 2. The van der Waals surface area contributed by atoms with Crippen LogP contribution in [0.3, 0.4) is 0 Å². The number of ketones is 1. The lowest BCUT2D eigenvalue weighted by Gasteiger charge is -2.09. The number of nitrogens with two attached hydrogens (primary N) is 1. The van der Waals surface area contributed by atoms with E-state index in [4.69, 9.17) is 17.3 Å². The van der Waals surface area contributed by atoms with E-state index in [9.17, 15) is 13.6 Å². The van der Waals surface area contributed by atoms with Crippen molar-refractivity contribution in [1.29, 1.82) is 0 Å². The number of Topliss-reactive ketones (excluding diaryl/α,β-unsaturated/α-hetero) is 1. The normalized spacial score (nSPS) is 10.6. The summed E-state index contributed by atoms with van der Waals surface area (Å²) in [5, 5.41) is -0.123. The van der Waals surface area contributed by atoms with Crippen molar-refractivity contribution in [2.24, 2.45) is 0 Å². The van der Waals surface area contributed by atoms with Gasteiger partial charge in [-0.15, -0.1) is 0 Å². The molecule has 0 spiro atoms. The third-order valence-corrected chi connectivity index (χ3v) is 2.16. The molecular formula is C9H8ClF2NO. The van der Waals surface area contributed by atoms with Gasteiger partial charge in [-0.25, -0.2) is 8.78 Å². The fraction of sp³-hybridized carbons (Fsp3) is 0.222. The molecular weight excluding hydrogens is 212 g/mol. The SMILES string of the molecule is CC(=O)c1ccc(Cl)c(C(F)F)c1N. The average Bonchev–Trinajstić information content (AvgIpc) is 2.02. The second kappa shape index (κ2) is 3.92. The zero-order valence-corrected chi connectivity index (χ0v) is 8.11. The molecule has 0 aliphatic carbocycles. The van der Waals surface area contributed by atoms with Gasteiger partial charge in [0.25, 0.3) is 6.43 Å². The molecule has 76 valence electrons. The highest BCUT2D eigenvalue weighted by Gasteiger charge is 2.19. The lowest BCUT2D eigenvalue weighted by atomic mass is 10.0. The lowest BCUT2D eigenvalue weighted by molar-refractivity contribution is 0.101. The van der Waals surface area contributed by atoms with E-state index in [-0.39, 0.29) is 22.1 Å².